The second-order valence-corrected chi connectivity index (χ2v) is 9.04. The first kappa shape index (κ1) is 20.0. The zero-order chi connectivity index (χ0) is 18.5. The highest BCUT2D eigenvalue weighted by atomic mass is 35.5. The van der Waals surface area contributed by atoms with Crippen LogP contribution in [0.3, 0.4) is 0 Å². The Hall–Kier alpha value is -1.77. The van der Waals surface area contributed by atoms with Crippen LogP contribution in [-0.4, -0.2) is 39.5 Å². The Morgan fingerprint density at radius 1 is 1.37 bits per heavy atom. The predicted molar refractivity (Wildman–Crippen MR) is 107 cm³/mol. The topological polar surface area (TPSA) is 88.9 Å². The van der Waals surface area contributed by atoms with Gasteiger partial charge in [0, 0.05) is 38.7 Å². The van der Waals surface area contributed by atoms with E-state index in [1.54, 1.807) is 4.68 Å². The van der Waals surface area contributed by atoms with Crippen LogP contribution < -0.4 is 10.6 Å². The Bertz CT molecular complexity index is 875. The second-order valence-electron chi connectivity index (χ2n) is 8.04. The fourth-order valence-electron chi connectivity index (χ4n) is 3.91. The number of amides is 1. The Morgan fingerprint density at radius 3 is 2.85 bits per heavy atom. The molecule has 0 bridgehead atoms. The molecule has 3 heterocycles. The van der Waals surface area contributed by atoms with Crippen LogP contribution in [0, 0.1) is 11.3 Å². The summed E-state index contributed by atoms with van der Waals surface area (Å²) in [7, 11) is 1.87. The van der Waals surface area contributed by atoms with Crippen LogP contribution in [0.25, 0.3) is 0 Å². The number of thiazole rings is 1. The fourth-order valence-corrected chi connectivity index (χ4v) is 4.83. The summed E-state index contributed by atoms with van der Waals surface area (Å²) >= 11 is 1.30. The number of halogens is 1. The van der Waals surface area contributed by atoms with Crippen LogP contribution in [0.5, 0.6) is 0 Å². The zero-order valence-corrected chi connectivity index (χ0v) is 17.2. The quantitative estimate of drug-likeness (QED) is 0.812. The van der Waals surface area contributed by atoms with Gasteiger partial charge in [-0.05, 0) is 17.4 Å². The minimum atomic E-state index is -0.174. The number of nitrogens with zero attached hydrogens (tertiary/aromatic N) is 3. The Morgan fingerprint density at radius 2 is 2.15 bits per heavy atom. The molecule has 9 heteroatoms. The van der Waals surface area contributed by atoms with Gasteiger partial charge in [0.15, 0.2) is 10.9 Å². The van der Waals surface area contributed by atoms with Crippen molar-refractivity contribution in [1.29, 1.82) is 0 Å². The van der Waals surface area contributed by atoms with Gasteiger partial charge in [-0.1, -0.05) is 25.2 Å². The molecule has 0 radical (unpaired) electrons. The molecule has 1 aliphatic carbocycles. The maximum absolute atomic E-state index is 12.8. The number of aryl methyl sites for hydroxylation is 1. The van der Waals surface area contributed by atoms with E-state index in [2.05, 4.69) is 34.6 Å². The summed E-state index contributed by atoms with van der Waals surface area (Å²) in [5.74, 6) is -0.00204. The highest BCUT2D eigenvalue weighted by Gasteiger charge is 2.37. The molecule has 2 atom stereocenters. The number of nitrogens with one attached hydrogen (secondary N) is 2. The van der Waals surface area contributed by atoms with Crippen molar-refractivity contribution < 1.29 is 9.59 Å². The van der Waals surface area contributed by atoms with Gasteiger partial charge in [0.25, 0.3) is 0 Å². The SMILES string of the molecule is Cl.Cn1cc([C@H]2CNC[C@@H]2C(=O)Nc2nc3c(s2)C(=O)CC(C)(C)C3)cn1. The fraction of sp³-hybridized carbons (Fsp3) is 0.556. The van der Waals surface area contributed by atoms with Gasteiger partial charge in [0.1, 0.15) is 0 Å². The summed E-state index contributed by atoms with van der Waals surface area (Å²) in [5, 5.41) is 11.0. The van der Waals surface area contributed by atoms with E-state index in [4.69, 9.17) is 0 Å². The molecule has 0 spiro atoms. The van der Waals surface area contributed by atoms with Gasteiger partial charge in [0.05, 0.1) is 22.7 Å². The highest BCUT2D eigenvalue weighted by molar-refractivity contribution is 7.17. The van der Waals surface area contributed by atoms with Crippen LogP contribution in [-0.2, 0) is 18.3 Å². The van der Waals surface area contributed by atoms with Crippen molar-refractivity contribution in [3.63, 3.8) is 0 Å². The summed E-state index contributed by atoms with van der Waals surface area (Å²) in [6.07, 6.45) is 5.08. The lowest BCUT2D eigenvalue weighted by molar-refractivity contribution is -0.119. The minimum Gasteiger partial charge on any atom is -0.315 e. The van der Waals surface area contributed by atoms with E-state index in [0.29, 0.717) is 23.0 Å². The third-order valence-electron chi connectivity index (χ3n) is 5.17. The third kappa shape index (κ3) is 3.93. The van der Waals surface area contributed by atoms with Gasteiger partial charge >= 0.3 is 0 Å². The van der Waals surface area contributed by atoms with Crippen LogP contribution in [0.2, 0.25) is 0 Å². The Balaban J connectivity index is 0.00000210. The van der Waals surface area contributed by atoms with Gasteiger partial charge in [-0.15, -0.1) is 12.4 Å². The van der Waals surface area contributed by atoms with Crippen molar-refractivity contribution in [3.8, 4) is 0 Å². The summed E-state index contributed by atoms with van der Waals surface area (Å²) in [4.78, 5) is 30.4. The molecule has 146 valence electrons. The molecule has 2 aromatic rings. The Kier molecular flexibility index (Phi) is 5.42. The number of rotatable bonds is 3. The van der Waals surface area contributed by atoms with E-state index in [1.165, 1.54) is 11.3 Å². The molecule has 1 fully saturated rings. The number of anilines is 1. The van der Waals surface area contributed by atoms with E-state index >= 15 is 0 Å². The van der Waals surface area contributed by atoms with Gasteiger partial charge in [-0.25, -0.2) is 4.98 Å². The molecule has 2 aliphatic rings. The number of aromatic nitrogens is 3. The van der Waals surface area contributed by atoms with Crippen molar-refractivity contribution >= 4 is 40.6 Å². The van der Waals surface area contributed by atoms with Gasteiger partial charge < -0.3 is 10.6 Å². The van der Waals surface area contributed by atoms with Crippen LogP contribution in [0.1, 0.15) is 47.1 Å². The normalized spacial score (nSPS) is 23.6. The zero-order valence-electron chi connectivity index (χ0n) is 15.6. The average molecular weight is 410 g/mol. The first-order chi connectivity index (χ1) is 12.3. The number of hydrogen-bond donors (Lipinski definition) is 2. The molecule has 7 nitrogen and oxygen atoms in total. The van der Waals surface area contributed by atoms with Gasteiger partial charge in [0.2, 0.25) is 5.91 Å². The first-order valence-corrected chi connectivity index (χ1v) is 9.67. The third-order valence-corrected chi connectivity index (χ3v) is 6.22. The first-order valence-electron chi connectivity index (χ1n) is 8.85. The van der Waals surface area contributed by atoms with Crippen molar-refractivity contribution in [2.45, 2.75) is 32.6 Å². The largest absolute Gasteiger partial charge is 0.315 e. The standard InChI is InChI=1S/C18H23N5O2S.ClH/c1-18(2)4-13-15(14(24)5-18)26-17(21-13)22-16(25)12-8-19-7-11(12)10-6-20-23(3)9-10;/h6,9,11-12,19H,4-5,7-8H2,1-3H3,(H,21,22,25);1H/t11-,12+;/m1./s1. The van der Waals surface area contributed by atoms with Gasteiger partial charge in [-0.2, -0.15) is 5.10 Å². The minimum absolute atomic E-state index is 0. The van der Waals surface area contributed by atoms with Crippen LogP contribution >= 0.6 is 23.7 Å². The molecule has 0 aromatic carbocycles. The molecule has 1 aliphatic heterocycles. The molecular formula is C18H24ClN5O2S. The maximum Gasteiger partial charge on any atom is 0.231 e. The van der Waals surface area contributed by atoms with Crippen LogP contribution in [0.4, 0.5) is 5.13 Å². The number of hydrogen-bond acceptors (Lipinski definition) is 6. The smallest absolute Gasteiger partial charge is 0.231 e. The average Bonchev–Trinajstić information content (AvgIpc) is 3.24. The molecular weight excluding hydrogens is 386 g/mol. The lowest BCUT2D eigenvalue weighted by Crippen LogP contribution is -2.28. The van der Waals surface area contributed by atoms with E-state index in [9.17, 15) is 9.59 Å². The summed E-state index contributed by atoms with van der Waals surface area (Å²) in [6.45, 7) is 5.54. The second kappa shape index (κ2) is 7.33. The monoisotopic (exact) mass is 409 g/mol. The van der Waals surface area contributed by atoms with Gasteiger partial charge in [-0.3, -0.25) is 14.3 Å². The number of fused-ring (bicyclic) bond motifs is 1. The summed E-state index contributed by atoms with van der Waals surface area (Å²) in [6, 6.07) is 0. The van der Waals surface area contributed by atoms with Crippen LogP contribution in [0.15, 0.2) is 12.4 Å². The van der Waals surface area contributed by atoms with Crippen molar-refractivity contribution in [2.24, 2.45) is 18.4 Å². The number of Topliss-reactive ketones (excluding diaryl/α,β-unsaturated/α-hetero) is 1. The summed E-state index contributed by atoms with van der Waals surface area (Å²) in [5.41, 5.74) is 1.81. The lowest BCUT2D eigenvalue weighted by atomic mass is 9.78. The summed E-state index contributed by atoms with van der Waals surface area (Å²) < 4.78 is 1.75. The molecule has 0 saturated carbocycles. The molecule has 1 amide bonds. The molecule has 0 unspecified atom stereocenters. The van der Waals surface area contributed by atoms with Crippen molar-refractivity contribution in [2.75, 3.05) is 18.4 Å². The molecule has 2 aromatic heterocycles. The number of carbonyl (C=O) groups is 2. The maximum atomic E-state index is 12.8. The van der Waals surface area contributed by atoms with Crippen molar-refractivity contribution in [3.05, 3.63) is 28.5 Å². The molecule has 2 N–H and O–H groups in total. The number of carbonyl (C=O) groups excluding carboxylic acids is 2. The highest BCUT2D eigenvalue weighted by Crippen LogP contribution is 2.38. The molecule has 27 heavy (non-hydrogen) atoms. The van der Waals surface area contributed by atoms with E-state index in [-0.39, 0.29) is 41.3 Å². The molecule has 4 rings (SSSR count). The van der Waals surface area contributed by atoms with E-state index in [0.717, 1.165) is 24.2 Å². The predicted octanol–water partition coefficient (Wildman–Crippen LogP) is 2.40. The van der Waals surface area contributed by atoms with Crippen molar-refractivity contribution in [1.82, 2.24) is 20.1 Å². The Labute approximate surface area is 168 Å². The van der Waals surface area contributed by atoms with E-state index in [1.807, 2.05) is 19.4 Å². The number of ketones is 1. The van der Waals surface area contributed by atoms with E-state index < -0.39 is 0 Å². The lowest BCUT2D eigenvalue weighted by Gasteiger charge is -2.26. The molecule has 1 saturated heterocycles.